The lowest BCUT2D eigenvalue weighted by Crippen LogP contribution is -2.50. The van der Waals surface area contributed by atoms with Gasteiger partial charge >= 0.3 is 5.97 Å². The van der Waals surface area contributed by atoms with Gasteiger partial charge in [-0.25, -0.2) is 13.2 Å². The lowest BCUT2D eigenvalue weighted by atomic mass is 9.82. The Morgan fingerprint density at radius 1 is 0.381 bits per heavy atom. The zero-order valence-electron chi connectivity index (χ0n) is 52.1. The topological polar surface area (TPSA) is 231 Å². The number of ketones is 1. The highest BCUT2D eigenvalue weighted by atomic mass is 19.2. The molecule has 1 aromatic carbocycles. The third-order valence-electron chi connectivity index (χ3n) is 12.4. The first-order valence-corrected chi connectivity index (χ1v) is 31.0. The number of halogens is 5. The Hall–Kier alpha value is -3.94. The molecule has 0 aliphatic carbocycles. The van der Waals surface area contributed by atoms with E-state index in [9.17, 15) is 45.9 Å². The first kappa shape index (κ1) is 82.1. The number of esters is 1. The number of carbonyl (C=O) groups excluding carboxylic acids is 5. The van der Waals surface area contributed by atoms with E-state index in [0.29, 0.717) is 105 Å². The van der Waals surface area contributed by atoms with Crippen LogP contribution in [-0.4, -0.2) is 160 Å². The van der Waals surface area contributed by atoms with Crippen LogP contribution in [0, 0.1) is 29.1 Å². The summed E-state index contributed by atoms with van der Waals surface area (Å²) in [5, 5.41) is 8.80. The number of hydrogen-bond donors (Lipinski definition) is 4. The van der Waals surface area contributed by atoms with Crippen molar-refractivity contribution >= 4 is 29.5 Å². The molecule has 0 radical (unpaired) electrons. The van der Waals surface area contributed by atoms with Gasteiger partial charge in [-0.1, -0.05) is 92.4 Å². The molecule has 0 fully saturated rings. The maximum atomic E-state index is 13.8. The van der Waals surface area contributed by atoms with Crippen molar-refractivity contribution in [3.05, 3.63) is 29.1 Å². The highest BCUT2D eigenvalue weighted by molar-refractivity contribution is 5.80. The van der Waals surface area contributed by atoms with Crippen molar-refractivity contribution in [3.8, 4) is 5.75 Å². The number of ether oxygens (including phenoxy) is 9. The van der Waals surface area contributed by atoms with Gasteiger partial charge < -0.3 is 69.1 Å². The Morgan fingerprint density at radius 2 is 0.750 bits per heavy atom. The Kier molecular flexibility index (Phi) is 58.1. The van der Waals surface area contributed by atoms with Gasteiger partial charge in [-0.05, 0) is 71.1 Å². The minimum absolute atomic E-state index is 0.0543. The number of benzene rings is 1. The second kappa shape index (κ2) is 59.4. The van der Waals surface area contributed by atoms with Crippen LogP contribution >= 0.6 is 0 Å². The van der Waals surface area contributed by atoms with Crippen LogP contribution in [0.5, 0.6) is 5.75 Å². The van der Waals surface area contributed by atoms with Crippen molar-refractivity contribution in [2.45, 2.75) is 201 Å². The van der Waals surface area contributed by atoms with Crippen molar-refractivity contribution in [3.63, 3.8) is 0 Å². The standard InChI is InChI=1S/C45H72F5N3O10.C10H23NO3.C6H14O/c1-4-6-15-27-60-28-24-51-35(55)19-22-45(21-18-34(3)54,23-20-36(56)52-25-29-61-31-33-62-32-30-59-26-5-2)53-37(57)16-13-11-9-7-8-10-12-14-17-38(58)63-44-42(49)40(47)39(46)41(48)43(44)50;1-2-3-5-12-7-9-14-10-8-13-6-4-11;1-3-5-7-6-4-2/h4-33H2,1-3H3,(H,51,55)(H,52,56)(H,53,57);2-11H2,1H3;3-6H2,1-2H3. The van der Waals surface area contributed by atoms with Crippen LogP contribution in [0.3, 0.4) is 0 Å². The summed E-state index contributed by atoms with van der Waals surface area (Å²) in [4.78, 5) is 63.3. The fourth-order valence-electron chi connectivity index (χ4n) is 7.70. The average molecular weight is 1220 g/mol. The highest BCUT2D eigenvalue weighted by Gasteiger charge is 2.33. The van der Waals surface area contributed by atoms with Crippen LogP contribution in [0.4, 0.5) is 22.0 Å². The molecular formula is C61H109F5N4O14. The fourth-order valence-corrected chi connectivity index (χ4v) is 7.70. The molecule has 1 aromatic rings. The van der Waals surface area contributed by atoms with Crippen molar-refractivity contribution in [2.75, 3.05) is 125 Å². The molecule has 0 saturated heterocycles. The number of nitrogens with two attached hydrogens (primary N) is 1. The van der Waals surface area contributed by atoms with E-state index in [1.165, 1.54) is 13.3 Å². The Bertz CT molecular complexity index is 1750. The number of carbonyl (C=O) groups is 5. The number of Topliss-reactive ketones (excluding diaryl/α,β-unsaturated/α-hetero) is 1. The summed E-state index contributed by atoms with van der Waals surface area (Å²) < 4.78 is 115. The highest BCUT2D eigenvalue weighted by Crippen LogP contribution is 2.30. The summed E-state index contributed by atoms with van der Waals surface area (Å²) in [5.41, 5.74) is 4.27. The van der Waals surface area contributed by atoms with Crippen molar-refractivity contribution in [1.82, 2.24) is 16.0 Å². The van der Waals surface area contributed by atoms with Gasteiger partial charge in [0.15, 0.2) is 0 Å². The van der Waals surface area contributed by atoms with Gasteiger partial charge in [-0.15, -0.1) is 0 Å². The SMILES string of the molecule is CCCCCOCCNC(=O)CCC(CCC(C)=O)(CCC(=O)NCCOCCOCCOCCC)NC(=O)CCCCCCCCCCC(=O)Oc1c(F)c(F)c(F)c(F)c1F.CCCCOCCOCCOCCN.CCCOCCC. The molecule has 0 bridgehead atoms. The zero-order valence-corrected chi connectivity index (χ0v) is 52.1. The Labute approximate surface area is 499 Å². The van der Waals surface area contributed by atoms with Crippen molar-refractivity contribution < 1.29 is 88.6 Å². The lowest BCUT2D eigenvalue weighted by molar-refractivity contribution is -0.135. The number of nitrogens with one attached hydrogen (secondary N) is 3. The average Bonchev–Trinajstić information content (AvgIpc) is 3.05. The van der Waals surface area contributed by atoms with Crippen LogP contribution in [-0.2, 0) is 61.9 Å². The molecule has 5 N–H and O–H groups in total. The molecule has 0 spiro atoms. The van der Waals surface area contributed by atoms with Crippen LogP contribution < -0.4 is 26.4 Å². The van der Waals surface area contributed by atoms with Gasteiger partial charge in [-0.3, -0.25) is 19.2 Å². The van der Waals surface area contributed by atoms with E-state index < -0.39 is 46.3 Å². The molecule has 1 unspecified atom stereocenters. The van der Waals surface area contributed by atoms with Gasteiger partial charge in [0.25, 0.3) is 0 Å². The van der Waals surface area contributed by atoms with E-state index in [0.717, 1.165) is 96.9 Å². The molecule has 1 rings (SSSR count). The quantitative estimate of drug-likeness (QED) is 0.0119. The first-order valence-electron chi connectivity index (χ1n) is 31.0. The molecule has 0 aliphatic heterocycles. The molecule has 0 heterocycles. The smallest absolute Gasteiger partial charge is 0.311 e. The molecule has 0 saturated carbocycles. The Balaban J connectivity index is 0. The summed E-state index contributed by atoms with van der Waals surface area (Å²) in [6, 6.07) is 0. The number of unbranched alkanes of at least 4 members (excludes halogenated alkanes) is 10. The van der Waals surface area contributed by atoms with Gasteiger partial charge in [0, 0.05) is 90.3 Å². The summed E-state index contributed by atoms with van der Waals surface area (Å²) in [7, 11) is 0. The van der Waals surface area contributed by atoms with E-state index >= 15 is 0 Å². The van der Waals surface area contributed by atoms with Crippen molar-refractivity contribution in [1.29, 1.82) is 0 Å². The maximum absolute atomic E-state index is 13.8. The number of rotatable bonds is 55. The third-order valence-corrected chi connectivity index (χ3v) is 12.4. The predicted octanol–water partition coefficient (Wildman–Crippen LogP) is 10.5. The molecule has 3 amide bonds. The molecule has 0 aromatic heterocycles. The number of hydrogen-bond acceptors (Lipinski definition) is 15. The van der Waals surface area contributed by atoms with Crippen LogP contribution in [0.25, 0.3) is 0 Å². The second-order valence-electron chi connectivity index (χ2n) is 20.2. The largest absolute Gasteiger partial charge is 0.420 e. The monoisotopic (exact) mass is 1220 g/mol. The van der Waals surface area contributed by atoms with Crippen molar-refractivity contribution in [2.24, 2.45) is 5.73 Å². The molecule has 0 aliphatic rings. The molecule has 492 valence electrons. The van der Waals surface area contributed by atoms with Crippen LogP contribution in [0.1, 0.15) is 196 Å². The first-order chi connectivity index (χ1) is 40.6. The van der Waals surface area contributed by atoms with E-state index in [1.807, 2.05) is 6.92 Å². The third kappa shape index (κ3) is 49.2. The van der Waals surface area contributed by atoms with E-state index in [2.05, 4.69) is 48.4 Å². The van der Waals surface area contributed by atoms with E-state index in [4.69, 9.17) is 43.6 Å². The van der Waals surface area contributed by atoms with E-state index in [-0.39, 0.29) is 94.4 Å². The summed E-state index contributed by atoms with van der Waals surface area (Å²) in [5.74, 6) is -14.7. The molecule has 1 atom stereocenters. The lowest BCUT2D eigenvalue weighted by Gasteiger charge is -2.35. The summed E-state index contributed by atoms with van der Waals surface area (Å²) in [6.45, 7) is 22.8. The second-order valence-corrected chi connectivity index (χ2v) is 20.2. The molecular weight excluding hydrogens is 1110 g/mol. The summed E-state index contributed by atoms with van der Waals surface area (Å²) in [6.07, 6.45) is 14.9. The minimum atomic E-state index is -2.34. The van der Waals surface area contributed by atoms with Crippen LogP contribution in [0.15, 0.2) is 0 Å². The molecule has 18 nitrogen and oxygen atoms in total. The number of amides is 3. The van der Waals surface area contributed by atoms with Crippen LogP contribution in [0.2, 0.25) is 0 Å². The normalized spacial score (nSPS) is 11.7. The zero-order chi connectivity index (χ0) is 62.7. The van der Waals surface area contributed by atoms with Gasteiger partial charge in [0.1, 0.15) is 5.78 Å². The molecule has 84 heavy (non-hydrogen) atoms. The fraction of sp³-hybridized carbons (Fsp3) is 0.820. The van der Waals surface area contributed by atoms with Gasteiger partial charge in [0.05, 0.1) is 72.7 Å². The molecule has 23 heteroatoms. The summed E-state index contributed by atoms with van der Waals surface area (Å²) >= 11 is 0. The van der Waals surface area contributed by atoms with Gasteiger partial charge in [0.2, 0.25) is 52.6 Å². The van der Waals surface area contributed by atoms with E-state index in [1.54, 1.807) is 0 Å². The predicted molar refractivity (Wildman–Crippen MR) is 314 cm³/mol. The Morgan fingerprint density at radius 3 is 1.20 bits per heavy atom. The van der Waals surface area contributed by atoms with Gasteiger partial charge in [-0.2, -0.15) is 8.78 Å². The minimum Gasteiger partial charge on any atom is -0.420 e. The maximum Gasteiger partial charge on any atom is 0.311 e.